The maximum absolute atomic E-state index is 12.8. The van der Waals surface area contributed by atoms with Crippen LogP contribution in [0, 0.1) is 0 Å². The highest BCUT2D eigenvalue weighted by atomic mass is 35.5. The first-order valence-corrected chi connectivity index (χ1v) is 11.7. The van der Waals surface area contributed by atoms with E-state index in [4.69, 9.17) is 25.8 Å². The minimum absolute atomic E-state index is 0.237. The lowest BCUT2D eigenvalue weighted by Crippen LogP contribution is -2.26. The second-order valence-corrected chi connectivity index (χ2v) is 8.26. The quantitative estimate of drug-likeness (QED) is 0.430. The molecule has 1 atom stereocenters. The number of amides is 1. The SMILES string of the molecule is CCOC(=O)C1CCOc2cc(Oc3ccccc3C(=O)NCCc3ccccc3)c(Cl)cc21. The van der Waals surface area contributed by atoms with E-state index in [9.17, 15) is 9.59 Å². The van der Waals surface area contributed by atoms with Crippen LogP contribution in [-0.2, 0) is 16.0 Å². The minimum Gasteiger partial charge on any atom is -0.493 e. The minimum atomic E-state index is -0.432. The molecule has 0 radical (unpaired) electrons. The third kappa shape index (κ3) is 5.51. The van der Waals surface area contributed by atoms with Gasteiger partial charge in [-0.1, -0.05) is 54.1 Å². The van der Waals surface area contributed by atoms with Crippen LogP contribution >= 0.6 is 11.6 Å². The fraction of sp³-hybridized carbons (Fsp3) is 0.259. The third-order valence-corrected chi connectivity index (χ3v) is 5.86. The molecule has 0 fully saturated rings. The third-order valence-electron chi connectivity index (χ3n) is 5.57. The highest BCUT2D eigenvalue weighted by molar-refractivity contribution is 6.32. The van der Waals surface area contributed by atoms with Gasteiger partial charge in [-0.2, -0.15) is 0 Å². The molecular formula is C27H26ClNO5. The molecule has 3 aromatic carbocycles. The van der Waals surface area contributed by atoms with Crippen LogP contribution < -0.4 is 14.8 Å². The lowest BCUT2D eigenvalue weighted by Gasteiger charge is -2.25. The Hall–Kier alpha value is -3.51. The van der Waals surface area contributed by atoms with Crippen LogP contribution in [0.5, 0.6) is 17.2 Å². The van der Waals surface area contributed by atoms with Crippen molar-refractivity contribution in [3.8, 4) is 17.2 Å². The Labute approximate surface area is 203 Å². The summed E-state index contributed by atoms with van der Waals surface area (Å²) in [7, 11) is 0. The monoisotopic (exact) mass is 479 g/mol. The highest BCUT2D eigenvalue weighted by Gasteiger charge is 2.30. The van der Waals surface area contributed by atoms with Crippen LogP contribution in [0.2, 0.25) is 5.02 Å². The lowest BCUT2D eigenvalue weighted by atomic mass is 9.93. The number of fused-ring (bicyclic) bond motifs is 1. The fourth-order valence-electron chi connectivity index (χ4n) is 3.88. The molecule has 34 heavy (non-hydrogen) atoms. The number of carbonyl (C=O) groups is 2. The van der Waals surface area contributed by atoms with Gasteiger partial charge in [-0.3, -0.25) is 9.59 Å². The van der Waals surface area contributed by atoms with Gasteiger partial charge in [0.05, 0.1) is 29.7 Å². The van der Waals surface area contributed by atoms with Gasteiger partial charge in [0.2, 0.25) is 0 Å². The molecule has 1 unspecified atom stereocenters. The van der Waals surface area contributed by atoms with Gasteiger partial charge in [-0.05, 0) is 43.5 Å². The molecule has 0 spiro atoms. The standard InChI is InChI=1S/C27H26ClNO5/c1-2-32-27(31)19-13-15-33-24-17-25(22(28)16-21(19)24)34-23-11-7-6-10-20(23)26(30)29-14-12-18-8-4-3-5-9-18/h3-11,16-17,19H,2,12-15H2,1H3,(H,29,30). The summed E-state index contributed by atoms with van der Waals surface area (Å²) in [5.74, 6) is 0.272. The molecule has 7 heteroatoms. The Morgan fingerprint density at radius 3 is 2.62 bits per heavy atom. The summed E-state index contributed by atoms with van der Waals surface area (Å²) in [6.45, 7) is 2.97. The van der Waals surface area contributed by atoms with Crippen molar-refractivity contribution in [3.63, 3.8) is 0 Å². The molecule has 0 aromatic heterocycles. The number of ether oxygens (including phenoxy) is 3. The Morgan fingerprint density at radius 2 is 1.82 bits per heavy atom. The smallest absolute Gasteiger partial charge is 0.313 e. The van der Waals surface area contributed by atoms with E-state index in [2.05, 4.69) is 5.32 Å². The molecule has 0 saturated carbocycles. The number of nitrogens with one attached hydrogen (secondary N) is 1. The highest BCUT2D eigenvalue weighted by Crippen LogP contribution is 2.42. The van der Waals surface area contributed by atoms with Gasteiger partial charge < -0.3 is 19.5 Å². The molecule has 1 heterocycles. The van der Waals surface area contributed by atoms with Crippen molar-refractivity contribution in [2.45, 2.75) is 25.7 Å². The van der Waals surface area contributed by atoms with Crippen LogP contribution in [0.15, 0.2) is 66.7 Å². The summed E-state index contributed by atoms with van der Waals surface area (Å²) in [5.41, 5.74) is 2.22. The molecule has 1 aliphatic rings. The number of halogens is 1. The fourth-order valence-corrected chi connectivity index (χ4v) is 4.09. The molecule has 4 rings (SSSR count). The number of carbonyl (C=O) groups excluding carboxylic acids is 2. The largest absolute Gasteiger partial charge is 0.493 e. The Kier molecular flexibility index (Phi) is 7.70. The van der Waals surface area contributed by atoms with E-state index < -0.39 is 5.92 Å². The van der Waals surface area contributed by atoms with Crippen LogP contribution in [0.4, 0.5) is 0 Å². The predicted octanol–water partition coefficient (Wildman–Crippen LogP) is 5.53. The van der Waals surface area contributed by atoms with Crippen molar-refractivity contribution >= 4 is 23.5 Å². The molecule has 6 nitrogen and oxygen atoms in total. The van der Waals surface area contributed by atoms with Gasteiger partial charge in [-0.25, -0.2) is 0 Å². The lowest BCUT2D eigenvalue weighted by molar-refractivity contribution is -0.145. The van der Waals surface area contributed by atoms with Gasteiger partial charge in [0, 0.05) is 18.2 Å². The van der Waals surface area contributed by atoms with E-state index in [1.807, 2.05) is 30.3 Å². The molecule has 3 aromatic rings. The Morgan fingerprint density at radius 1 is 1.06 bits per heavy atom. The number of rotatable bonds is 8. The zero-order chi connectivity index (χ0) is 23.9. The number of para-hydroxylation sites is 1. The van der Waals surface area contributed by atoms with Gasteiger partial charge in [0.25, 0.3) is 5.91 Å². The normalized spacial score (nSPS) is 14.5. The van der Waals surface area contributed by atoms with Crippen molar-refractivity contribution < 1.29 is 23.8 Å². The van der Waals surface area contributed by atoms with Gasteiger partial charge in [0.15, 0.2) is 0 Å². The first-order valence-electron chi connectivity index (χ1n) is 11.3. The summed E-state index contributed by atoms with van der Waals surface area (Å²) >= 11 is 6.51. The van der Waals surface area contributed by atoms with Gasteiger partial charge in [0.1, 0.15) is 17.2 Å². The molecule has 1 aliphatic heterocycles. The zero-order valence-electron chi connectivity index (χ0n) is 18.9. The van der Waals surface area contributed by atoms with Crippen LogP contribution in [-0.4, -0.2) is 31.6 Å². The van der Waals surface area contributed by atoms with E-state index in [1.54, 1.807) is 43.3 Å². The summed E-state index contributed by atoms with van der Waals surface area (Å²) in [5, 5.41) is 3.26. The van der Waals surface area contributed by atoms with E-state index in [0.717, 1.165) is 12.0 Å². The number of esters is 1. The van der Waals surface area contributed by atoms with E-state index in [1.165, 1.54) is 0 Å². The van der Waals surface area contributed by atoms with Crippen molar-refractivity contribution in [1.29, 1.82) is 0 Å². The van der Waals surface area contributed by atoms with Crippen LogP contribution in [0.25, 0.3) is 0 Å². The number of benzene rings is 3. The summed E-state index contributed by atoms with van der Waals surface area (Å²) in [6.07, 6.45) is 1.25. The molecule has 0 aliphatic carbocycles. The Bertz CT molecular complexity index is 1160. The van der Waals surface area contributed by atoms with Crippen molar-refractivity contribution in [2.75, 3.05) is 19.8 Å². The van der Waals surface area contributed by atoms with Crippen LogP contribution in [0.3, 0.4) is 0 Å². The maximum Gasteiger partial charge on any atom is 0.313 e. The van der Waals surface area contributed by atoms with Crippen LogP contribution in [0.1, 0.15) is 40.7 Å². The summed E-state index contributed by atoms with van der Waals surface area (Å²) < 4.78 is 17.0. The average molecular weight is 480 g/mol. The van der Waals surface area contributed by atoms with E-state index in [0.29, 0.717) is 59.6 Å². The number of hydrogen-bond donors (Lipinski definition) is 1. The summed E-state index contributed by atoms with van der Waals surface area (Å²) in [6, 6.07) is 20.3. The van der Waals surface area contributed by atoms with Crippen molar-refractivity contribution in [2.24, 2.45) is 0 Å². The first kappa shape index (κ1) is 23.6. The van der Waals surface area contributed by atoms with E-state index >= 15 is 0 Å². The van der Waals surface area contributed by atoms with E-state index in [-0.39, 0.29) is 11.9 Å². The second-order valence-electron chi connectivity index (χ2n) is 7.85. The van der Waals surface area contributed by atoms with Gasteiger partial charge >= 0.3 is 5.97 Å². The average Bonchev–Trinajstić information content (AvgIpc) is 2.85. The Balaban J connectivity index is 1.50. The molecule has 0 saturated heterocycles. The topological polar surface area (TPSA) is 73.9 Å². The first-order chi connectivity index (χ1) is 16.6. The maximum atomic E-state index is 12.8. The molecule has 1 amide bonds. The van der Waals surface area contributed by atoms with Crippen molar-refractivity contribution in [3.05, 3.63) is 88.4 Å². The molecule has 1 N–H and O–H groups in total. The number of hydrogen-bond acceptors (Lipinski definition) is 5. The summed E-state index contributed by atoms with van der Waals surface area (Å²) in [4.78, 5) is 25.2. The molecule has 176 valence electrons. The predicted molar refractivity (Wildman–Crippen MR) is 130 cm³/mol. The molecular weight excluding hydrogens is 454 g/mol. The molecule has 0 bridgehead atoms. The zero-order valence-corrected chi connectivity index (χ0v) is 19.6. The van der Waals surface area contributed by atoms with Crippen molar-refractivity contribution in [1.82, 2.24) is 5.32 Å². The second kappa shape index (κ2) is 11.1. The van der Waals surface area contributed by atoms with Gasteiger partial charge in [-0.15, -0.1) is 0 Å².